The monoisotopic (exact) mass is 419 g/mol. The maximum absolute atomic E-state index is 13.4. The normalized spacial score (nSPS) is 15.8. The quantitative estimate of drug-likeness (QED) is 0.511. The fourth-order valence-electron chi connectivity index (χ4n) is 4.65. The van der Waals surface area contributed by atoms with Crippen LogP contribution in [0.4, 0.5) is 4.39 Å². The summed E-state index contributed by atoms with van der Waals surface area (Å²) in [5.41, 5.74) is 3.59. The zero-order chi connectivity index (χ0) is 21.4. The van der Waals surface area contributed by atoms with E-state index in [1.54, 1.807) is 0 Å². The van der Waals surface area contributed by atoms with E-state index in [-0.39, 0.29) is 11.4 Å². The number of aryl methyl sites for hydroxylation is 2. The van der Waals surface area contributed by atoms with Gasteiger partial charge in [-0.3, -0.25) is 9.89 Å². The highest BCUT2D eigenvalue weighted by atomic mass is 19.1. The van der Waals surface area contributed by atoms with Gasteiger partial charge in [0.1, 0.15) is 11.6 Å². The van der Waals surface area contributed by atoms with Crippen LogP contribution in [0.2, 0.25) is 0 Å². The molecule has 0 aliphatic carbocycles. The summed E-state index contributed by atoms with van der Waals surface area (Å²) in [6, 6.07) is 10.6. The maximum Gasteiger partial charge on any atom is 0.258 e. The van der Waals surface area contributed by atoms with Gasteiger partial charge in [0.05, 0.1) is 16.4 Å². The van der Waals surface area contributed by atoms with E-state index in [1.807, 2.05) is 31.2 Å². The molecular formula is C24H26FN5O. The minimum absolute atomic E-state index is 0.0591. The molecule has 0 saturated carbocycles. The van der Waals surface area contributed by atoms with E-state index < -0.39 is 0 Å². The lowest BCUT2D eigenvalue weighted by Gasteiger charge is -2.31. The summed E-state index contributed by atoms with van der Waals surface area (Å²) in [5, 5.41) is 9.09. The molecule has 31 heavy (non-hydrogen) atoms. The van der Waals surface area contributed by atoms with Crippen molar-refractivity contribution >= 4 is 21.8 Å². The lowest BCUT2D eigenvalue weighted by Crippen LogP contribution is -2.34. The summed E-state index contributed by atoms with van der Waals surface area (Å²) >= 11 is 0. The smallest absolute Gasteiger partial charge is 0.258 e. The zero-order valence-electron chi connectivity index (χ0n) is 17.6. The van der Waals surface area contributed by atoms with Gasteiger partial charge in [-0.25, -0.2) is 9.37 Å². The molecule has 7 heteroatoms. The number of piperidine rings is 1. The second-order valence-electron chi connectivity index (χ2n) is 8.55. The highest BCUT2D eigenvalue weighted by Crippen LogP contribution is 2.31. The number of aromatic nitrogens is 4. The molecule has 2 N–H and O–H groups in total. The summed E-state index contributed by atoms with van der Waals surface area (Å²) in [6.45, 7) is 5.00. The number of fused-ring (bicyclic) bond motifs is 2. The number of hydrogen-bond acceptors (Lipinski definition) is 4. The van der Waals surface area contributed by atoms with Crippen LogP contribution in [0.3, 0.4) is 0 Å². The van der Waals surface area contributed by atoms with Gasteiger partial charge in [-0.05, 0) is 70.1 Å². The first-order valence-corrected chi connectivity index (χ1v) is 10.9. The minimum Gasteiger partial charge on any atom is -0.310 e. The Balaban J connectivity index is 1.16. The molecule has 1 aliphatic rings. The van der Waals surface area contributed by atoms with E-state index in [0.29, 0.717) is 16.8 Å². The third kappa shape index (κ3) is 4.10. The Morgan fingerprint density at radius 3 is 2.77 bits per heavy atom. The molecule has 0 radical (unpaired) electrons. The SMILES string of the molecule is Cc1ccc2nc(CCCN3CCC(c4[nH]nc5cc(F)ccc45)CC3)[nH]c(=O)c2c1. The van der Waals surface area contributed by atoms with Gasteiger partial charge in [-0.2, -0.15) is 5.10 Å². The molecule has 2 aromatic carbocycles. The van der Waals surface area contributed by atoms with E-state index in [2.05, 4.69) is 25.1 Å². The number of aromatic amines is 2. The first kappa shape index (κ1) is 19.9. The molecule has 0 atom stereocenters. The van der Waals surface area contributed by atoms with Crippen molar-refractivity contribution < 1.29 is 4.39 Å². The average Bonchev–Trinajstić information content (AvgIpc) is 3.18. The second-order valence-corrected chi connectivity index (χ2v) is 8.55. The van der Waals surface area contributed by atoms with Crippen LogP contribution in [-0.4, -0.2) is 44.7 Å². The highest BCUT2D eigenvalue weighted by molar-refractivity contribution is 5.81. The fraction of sp³-hybridized carbons (Fsp3) is 0.375. The lowest BCUT2D eigenvalue weighted by atomic mass is 9.91. The van der Waals surface area contributed by atoms with Crippen LogP contribution in [0.15, 0.2) is 41.2 Å². The predicted octanol–water partition coefficient (Wildman–Crippen LogP) is 4.06. The van der Waals surface area contributed by atoms with Crippen LogP contribution in [0, 0.1) is 12.7 Å². The van der Waals surface area contributed by atoms with Crippen molar-refractivity contribution in [1.29, 1.82) is 0 Å². The Kier molecular flexibility index (Phi) is 5.28. The van der Waals surface area contributed by atoms with Crippen LogP contribution < -0.4 is 5.56 Å². The molecule has 1 fully saturated rings. The molecule has 2 aromatic heterocycles. The third-order valence-electron chi connectivity index (χ3n) is 6.34. The first-order valence-electron chi connectivity index (χ1n) is 10.9. The molecule has 3 heterocycles. The lowest BCUT2D eigenvalue weighted by molar-refractivity contribution is 0.209. The van der Waals surface area contributed by atoms with Crippen LogP contribution >= 0.6 is 0 Å². The summed E-state index contributed by atoms with van der Waals surface area (Å²) in [4.78, 5) is 22.4. The summed E-state index contributed by atoms with van der Waals surface area (Å²) < 4.78 is 13.4. The van der Waals surface area contributed by atoms with E-state index >= 15 is 0 Å². The molecule has 0 amide bonds. The highest BCUT2D eigenvalue weighted by Gasteiger charge is 2.23. The van der Waals surface area contributed by atoms with Gasteiger partial charge >= 0.3 is 0 Å². The predicted molar refractivity (Wildman–Crippen MR) is 120 cm³/mol. The topological polar surface area (TPSA) is 77.7 Å². The number of nitrogens with one attached hydrogen (secondary N) is 2. The van der Waals surface area contributed by atoms with Crippen molar-refractivity contribution in [3.8, 4) is 0 Å². The number of nitrogens with zero attached hydrogens (tertiary/aromatic N) is 3. The number of likely N-dealkylation sites (tertiary alicyclic amines) is 1. The molecular weight excluding hydrogens is 393 g/mol. The van der Waals surface area contributed by atoms with Crippen molar-refractivity contribution in [3.63, 3.8) is 0 Å². The number of hydrogen-bond donors (Lipinski definition) is 2. The zero-order valence-corrected chi connectivity index (χ0v) is 17.6. The summed E-state index contributed by atoms with van der Waals surface area (Å²) in [6.07, 6.45) is 3.82. The van der Waals surface area contributed by atoms with Gasteiger partial charge in [0, 0.05) is 29.5 Å². The van der Waals surface area contributed by atoms with Crippen molar-refractivity contribution in [2.75, 3.05) is 19.6 Å². The molecule has 4 aromatic rings. The van der Waals surface area contributed by atoms with Crippen LogP contribution in [0.1, 0.15) is 42.3 Å². The third-order valence-corrected chi connectivity index (χ3v) is 6.34. The van der Waals surface area contributed by atoms with E-state index in [0.717, 1.165) is 73.3 Å². The van der Waals surface area contributed by atoms with Gasteiger partial charge in [-0.15, -0.1) is 0 Å². The van der Waals surface area contributed by atoms with Gasteiger partial charge in [0.25, 0.3) is 5.56 Å². The minimum atomic E-state index is -0.252. The molecule has 0 bridgehead atoms. The number of benzene rings is 2. The van der Waals surface area contributed by atoms with Gasteiger partial charge in [0.15, 0.2) is 0 Å². The molecule has 1 aliphatic heterocycles. The van der Waals surface area contributed by atoms with Crippen molar-refractivity contribution in [3.05, 3.63) is 69.7 Å². The Morgan fingerprint density at radius 2 is 1.94 bits per heavy atom. The molecule has 6 nitrogen and oxygen atoms in total. The standard InChI is InChI=1S/C24H26FN5O/c1-15-4-7-20-19(13-15)24(31)27-22(26-20)3-2-10-30-11-8-16(9-12-30)23-18-6-5-17(25)14-21(18)28-29-23/h4-7,13-14,16H,2-3,8-12H2,1H3,(H,28,29)(H,26,27,31). The molecule has 0 unspecified atom stereocenters. The first-order chi connectivity index (χ1) is 15.1. The number of H-pyrrole nitrogens is 2. The Morgan fingerprint density at radius 1 is 1.10 bits per heavy atom. The van der Waals surface area contributed by atoms with Crippen molar-refractivity contribution in [2.24, 2.45) is 0 Å². The van der Waals surface area contributed by atoms with Gasteiger partial charge in [0.2, 0.25) is 0 Å². The molecule has 1 saturated heterocycles. The largest absolute Gasteiger partial charge is 0.310 e. The van der Waals surface area contributed by atoms with Crippen LogP contribution in [-0.2, 0) is 6.42 Å². The number of rotatable bonds is 5. The number of halogens is 1. The Hall–Kier alpha value is -3.06. The fourth-order valence-corrected chi connectivity index (χ4v) is 4.65. The van der Waals surface area contributed by atoms with Crippen LogP contribution in [0.25, 0.3) is 21.8 Å². The molecule has 5 rings (SSSR count). The second kappa shape index (κ2) is 8.23. The van der Waals surface area contributed by atoms with Crippen LogP contribution in [0.5, 0.6) is 0 Å². The van der Waals surface area contributed by atoms with Gasteiger partial charge < -0.3 is 9.88 Å². The Labute approximate surface area is 179 Å². The van der Waals surface area contributed by atoms with Gasteiger partial charge in [-0.1, -0.05) is 11.6 Å². The molecule has 0 spiro atoms. The maximum atomic E-state index is 13.4. The van der Waals surface area contributed by atoms with E-state index in [9.17, 15) is 9.18 Å². The van der Waals surface area contributed by atoms with Crippen molar-refractivity contribution in [2.45, 2.75) is 38.5 Å². The summed E-state index contributed by atoms with van der Waals surface area (Å²) in [5.74, 6) is 0.929. The van der Waals surface area contributed by atoms with E-state index in [1.165, 1.54) is 12.1 Å². The summed E-state index contributed by atoms with van der Waals surface area (Å²) in [7, 11) is 0. The average molecular weight is 420 g/mol. The Bertz CT molecular complexity index is 1290. The van der Waals surface area contributed by atoms with E-state index in [4.69, 9.17) is 0 Å². The van der Waals surface area contributed by atoms with Crippen molar-refractivity contribution in [1.82, 2.24) is 25.1 Å². The molecule has 160 valence electrons.